The summed E-state index contributed by atoms with van der Waals surface area (Å²) in [6.07, 6.45) is 2.60. The molecule has 0 saturated heterocycles. The first kappa shape index (κ1) is 14.0. The second-order valence-corrected chi connectivity index (χ2v) is 5.22. The lowest BCUT2D eigenvalue weighted by atomic mass is 10.1. The maximum absolute atomic E-state index is 13.3. The van der Waals surface area contributed by atoms with Crippen molar-refractivity contribution in [2.75, 3.05) is 26.8 Å². The minimum Gasteiger partial charge on any atom is -0.380 e. The van der Waals surface area contributed by atoms with Gasteiger partial charge in [-0.1, -0.05) is 0 Å². The third kappa shape index (κ3) is 4.98. The Hall–Kier alpha value is -1.44. The topological polar surface area (TPSA) is 36.3 Å². The van der Waals surface area contributed by atoms with Crippen molar-refractivity contribution < 1.29 is 9.13 Å². The molecule has 1 aromatic rings. The zero-order chi connectivity index (χ0) is 13.7. The van der Waals surface area contributed by atoms with Gasteiger partial charge < -0.3 is 4.74 Å². The number of halogens is 1. The summed E-state index contributed by atoms with van der Waals surface area (Å²) >= 11 is 0. The first-order chi connectivity index (χ1) is 9.17. The van der Waals surface area contributed by atoms with Crippen LogP contribution in [-0.2, 0) is 11.3 Å². The van der Waals surface area contributed by atoms with Gasteiger partial charge in [0.25, 0.3) is 0 Å². The van der Waals surface area contributed by atoms with Crippen molar-refractivity contribution in [3.63, 3.8) is 0 Å². The van der Waals surface area contributed by atoms with E-state index in [4.69, 9.17) is 10.00 Å². The third-order valence-electron chi connectivity index (χ3n) is 3.21. The summed E-state index contributed by atoms with van der Waals surface area (Å²) in [6, 6.07) is 6.42. The van der Waals surface area contributed by atoms with Crippen LogP contribution in [0.3, 0.4) is 0 Å². The van der Waals surface area contributed by atoms with Gasteiger partial charge >= 0.3 is 0 Å². The molecule has 0 unspecified atom stereocenters. The molecular formula is C15H19FN2O. The van der Waals surface area contributed by atoms with E-state index in [2.05, 4.69) is 4.90 Å². The van der Waals surface area contributed by atoms with Crippen LogP contribution in [0.4, 0.5) is 4.39 Å². The van der Waals surface area contributed by atoms with Crippen molar-refractivity contribution >= 4 is 0 Å². The van der Waals surface area contributed by atoms with Gasteiger partial charge in [0.05, 0.1) is 18.2 Å². The fourth-order valence-electron chi connectivity index (χ4n) is 1.95. The number of benzene rings is 1. The molecule has 1 aromatic carbocycles. The average molecular weight is 262 g/mol. The SMILES string of the molecule is CN(CCOCC1CC1)Cc1cc(F)cc(C#N)c1. The van der Waals surface area contributed by atoms with E-state index in [-0.39, 0.29) is 5.82 Å². The maximum Gasteiger partial charge on any atom is 0.124 e. The Balaban J connectivity index is 1.75. The largest absolute Gasteiger partial charge is 0.380 e. The molecule has 0 bridgehead atoms. The normalized spacial score (nSPS) is 14.6. The molecule has 19 heavy (non-hydrogen) atoms. The van der Waals surface area contributed by atoms with Gasteiger partial charge in [0.1, 0.15) is 5.82 Å². The lowest BCUT2D eigenvalue weighted by Gasteiger charge is -2.16. The first-order valence-electron chi connectivity index (χ1n) is 6.63. The number of likely N-dealkylation sites (N-methyl/N-ethyl adjacent to an activating group) is 1. The predicted octanol–water partition coefficient (Wildman–Crippen LogP) is 2.56. The van der Waals surface area contributed by atoms with Crippen molar-refractivity contribution in [3.05, 3.63) is 35.1 Å². The van der Waals surface area contributed by atoms with Crippen LogP contribution in [0.5, 0.6) is 0 Å². The zero-order valence-corrected chi connectivity index (χ0v) is 11.2. The summed E-state index contributed by atoms with van der Waals surface area (Å²) in [4.78, 5) is 2.07. The van der Waals surface area contributed by atoms with Crippen LogP contribution >= 0.6 is 0 Å². The summed E-state index contributed by atoms with van der Waals surface area (Å²) in [5.74, 6) is 0.430. The second-order valence-electron chi connectivity index (χ2n) is 5.22. The summed E-state index contributed by atoms with van der Waals surface area (Å²) in [6.45, 7) is 3.00. The van der Waals surface area contributed by atoms with E-state index in [9.17, 15) is 4.39 Å². The number of rotatable bonds is 7. The smallest absolute Gasteiger partial charge is 0.124 e. The Kier molecular flexibility index (Phi) is 4.89. The number of nitrogens with zero attached hydrogens (tertiary/aromatic N) is 2. The lowest BCUT2D eigenvalue weighted by molar-refractivity contribution is 0.102. The highest BCUT2D eigenvalue weighted by Crippen LogP contribution is 2.28. The Bertz CT molecular complexity index is 466. The van der Waals surface area contributed by atoms with Crippen LogP contribution in [0.1, 0.15) is 24.0 Å². The summed E-state index contributed by atoms with van der Waals surface area (Å²) < 4.78 is 18.8. The van der Waals surface area contributed by atoms with Crippen LogP contribution in [0.2, 0.25) is 0 Å². The van der Waals surface area contributed by atoms with E-state index < -0.39 is 0 Å². The molecule has 0 spiro atoms. The average Bonchev–Trinajstić information content (AvgIpc) is 3.18. The van der Waals surface area contributed by atoms with Crippen molar-refractivity contribution in [3.8, 4) is 6.07 Å². The van der Waals surface area contributed by atoms with Crippen LogP contribution in [0.25, 0.3) is 0 Å². The van der Waals surface area contributed by atoms with E-state index in [1.54, 1.807) is 6.07 Å². The van der Waals surface area contributed by atoms with E-state index in [1.807, 2.05) is 13.1 Å². The molecule has 0 radical (unpaired) electrons. The predicted molar refractivity (Wildman–Crippen MR) is 71.0 cm³/mol. The summed E-state index contributed by atoms with van der Waals surface area (Å²) in [5, 5.41) is 8.80. The van der Waals surface area contributed by atoms with Crippen molar-refractivity contribution in [2.24, 2.45) is 5.92 Å². The van der Waals surface area contributed by atoms with Crippen molar-refractivity contribution in [2.45, 2.75) is 19.4 Å². The lowest BCUT2D eigenvalue weighted by Crippen LogP contribution is -2.23. The highest BCUT2D eigenvalue weighted by Gasteiger charge is 2.20. The molecule has 0 N–H and O–H groups in total. The highest BCUT2D eigenvalue weighted by molar-refractivity contribution is 5.33. The first-order valence-corrected chi connectivity index (χ1v) is 6.63. The second kappa shape index (κ2) is 6.65. The minimum atomic E-state index is -0.354. The number of hydrogen-bond donors (Lipinski definition) is 0. The van der Waals surface area contributed by atoms with Gasteiger partial charge in [0.2, 0.25) is 0 Å². The Morgan fingerprint density at radius 3 is 2.89 bits per heavy atom. The standard InChI is InChI=1S/C15H19FN2O/c1-18(4-5-19-11-12-2-3-12)10-14-6-13(9-17)7-15(16)8-14/h6-8,12H,2-5,10-11H2,1H3. The monoisotopic (exact) mass is 262 g/mol. The summed E-state index contributed by atoms with van der Waals surface area (Å²) in [7, 11) is 1.97. The van der Waals surface area contributed by atoms with Gasteiger partial charge in [-0.05, 0) is 49.6 Å². The number of nitriles is 1. The molecule has 4 heteroatoms. The van der Waals surface area contributed by atoms with Crippen molar-refractivity contribution in [1.82, 2.24) is 4.90 Å². The molecule has 1 aliphatic rings. The van der Waals surface area contributed by atoms with Crippen LogP contribution in [0.15, 0.2) is 18.2 Å². The Morgan fingerprint density at radius 1 is 1.42 bits per heavy atom. The zero-order valence-electron chi connectivity index (χ0n) is 11.2. The molecule has 1 fully saturated rings. The Morgan fingerprint density at radius 2 is 2.21 bits per heavy atom. The van der Waals surface area contributed by atoms with Gasteiger partial charge in [-0.2, -0.15) is 5.26 Å². The fourth-order valence-corrected chi connectivity index (χ4v) is 1.95. The maximum atomic E-state index is 13.3. The molecule has 0 heterocycles. The van der Waals surface area contributed by atoms with Gasteiger partial charge in [0, 0.05) is 19.7 Å². The van der Waals surface area contributed by atoms with Crippen molar-refractivity contribution in [1.29, 1.82) is 5.26 Å². The van der Waals surface area contributed by atoms with Crippen LogP contribution in [-0.4, -0.2) is 31.7 Å². The van der Waals surface area contributed by atoms with Crippen LogP contribution < -0.4 is 0 Å². The number of hydrogen-bond acceptors (Lipinski definition) is 3. The van der Waals surface area contributed by atoms with E-state index >= 15 is 0 Å². The molecule has 1 saturated carbocycles. The van der Waals surface area contributed by atoms with Gasteiger partial charge in [-0.15, -0.1) is 0 Å². The Labute approximate surface area is 113 Å². The highest BCUT2D eigenvalue weighted by atomic mass is 19.1. The molecule has 1 aliphatic carbocycles. The molecule has 102 valence electrons. The fraction of sp³-hybridized carbons (Fsp3) is 0.533. The van der Waals surface area contributed by atoms with Crippen LogP contribution in [0, 0.1) is 23.1 Å². The van der Waals surface area contributed by atoms with E-state index in [1.165, 1.54) is 25.0 Å². The molecule has 3 nitrogen and oxygen atoms in total. The molecule has 2 rings (SSSR count). The van der Waals surface area contributed by atoms with Gasteiger partial charge in [-0.25, -0.2) is 4.39 Å². The molecular weight excluding hydrogens is 243 g/mol. The molecule has 0 atom stereocenters. The van der Waals surface area contributed by atoms with E-state index in [0.29, 0.717) is 18.7 Å². The molecule has 0 aromatic heterocycles. The van der Waals surface area contributed by atoms with Gasteiger partial charge in [-0.3, -0.25) is 4.90 Å². The molecule has 0 amide bonds. The number of ether oxygens (including phenoxy) is 1. The quantitative estimate of drug-likeness (QED) is 0.709. The van der Waals surface area contributed by atoms with E-state index in [0.717, 1.165) is 24.6 Å². The molecule has 0 aliphatic heterocycles. The minimum absolute atomic E-state index is 0.354. The third-order valence-corrected chi connectivity index (χ3v) is 3.21. The summed E-state index contributed by atoms with van der Waals surface area (Å²) in [5.41, 5.74) is 1.19. The van der Waals surface area contributed by atoms with Gasteiger partial charge in [0.15, 0.2) is 0 Å².